The molecule has 1 fully saturated rings. The summed E-state index contributed by atoms with van der Waals surface area (Å²) in [7, 11) is 0. The Morgan fingerprint density at radius 3 is 2.75 bits per heavy atom. The number of rotatable bonds is 3. The summed E-state index contributed by atoms with van der Waals surface area (Å²) < 4.78 is 1.05. The van der Waals surface area contributed by atoms with Gasteiger partial charge in [-0.1, -0.05) is 35.1 Å². The van der Waals surface area contributed by atoms with Crippen molar-refractivity contribution >= 4 is 50.1 Å². The van der Waals surface area contributed by atoms with E-state index < -0.39 is 0 Å². The molecule has 0 bridgehead atoms. The molecule has 7 heteroatoms. The lowest BCUT2D eigenvalue weighted by molar-refractivity contribution is -0.121. The van der Waals surface area contributed by atoms with Gasteiger partial charge in [0.15, 0.2) is 5.13 Å². The number of hydrogen-bond donors (Lipinski definition) is 1. The Kier molecular flexibility index (Phi) is 5.33. The van der Waals surface area contributed by atoms with Crippen LogP contribution in [-0.2, 0) is 4.79 Å². The molecule has 3 aromatic rings. The molecule has 0 spiro atoms. The van der Waals surface area contributed by atoms with Gasteiger partial charge in [-0.15, -0.1) is 0 Å². The molecule has 5 nitrogen and oxygen atoms in total. The number of carbonyl (C=O) groups excluding carboxylic acids is 2. The van der Waals surface area contributed by atoms with E-state index >= 15 is 0 Å². The fraction of sp³-hybridized carbons (Fsp3) is 0.286. The lowest BCUT2D eigenvalue weighted by Crippen LogP contribution is -2.43. The van der Waals surface area contributed by atoms with Gasteiger partial charge >= 0.3 is 0 Å². The molecule has 0 radical (unpaired) electrons. The highest BCUT2D eigenvalue weighted by atomic mass is 35.5. The third-order valence-electron chi connectivity index (χ3n) is 5.02. The van der Waals surface area contributed by atoms with Gasteiger partial charge in [-0.2, -0.15) is 0 Å². The quantitative estimate of drug-likeness (QED) is 0.674. The number of aryl methyl sites for hydroxylation is 1. The van der Waals surface area contributed by atoms with Crippen molar-refractivity contribution in [3.8, 4) is 0 Å². The number of thiazole rings is 1. The minimum atomic E-state index is -0.238. The van der Waals surface area contributed by atoms with Crippen molar-refractivity contribution in [1.82, 2.24) is 9.88 Å². The van der Waals surface area contributed by atoms with Gasteiger partial charge in [0.05, 0.1) is 16.1 Å². The SMILES string of the molecule is Cc1cccc2sc(NC(=O)[C@@H]3CCCN(C(=O)c4ccc(Cl)cc4)C3)nc12. The summed E-state index contributed by atoms with van der Waals surface area (Å²) in [6.07, 6.45) is 1.57. The molecule has 0 aliphatic carbocycles. The number of hydrogen-bond acceptors (Lipinski definition) is 4. The van der Waals surface area contributed by atoms with E-state index in [1.54, 1.807) is 29.2 Å². The number of carbonyl (C=O) groups is 2. The molecule has 4 rings (SSSR count). The average molecular weight is 414 g/mol. The third-order valence-corrected chi connectivity index (χ3v) is 6.21. The monoisotopic (exact) mass is 413 g/mol. The van der Waals surface area contributed by atoms with Gasteiger partial charge in [-0.25, -0.2) is 4.98 Å². The van der Waals surface area contributed by atoms with Crippen LogP contribution in [0.1, 0.15) is 28.8 Å². The van der Waals surface area contributed by atoms with E-state index in [0.29, 0.717) is 28.8 Å². The Balaban J connectivity index is 1.44. The van der Waals surface area contributed by atoms with Crippen LogP contribution in [0.15, 0.2) is 42.5 Å². The maximum absolute atomic E-state index is 12.8. The smallest absolute Gasteiger partial charge is 0.253 e. The first-order valence-electron chi connectivity index (χ1n) is 9.23. The number of aromatic nitrogens is 1. The van der Waals surface area contributed by atoms with Crippen molar-refractivity contribution in [3.05, 3.63) is 58.6 Å². The summed E-state index contributed by atoms with van der Waals surface area (Å²) >= 11 is 7.37. The molecule has 1 atom stereocenters. The standard InChI is InChI=1S/C21H20ClN3O2S/c1-13-4-2-6-17-18(13)23-21(28-17)24-19(26)15-5-3-11-25(12-15)20(27)14-7-9-16(22)10-8-14/h2,4,6-10,15H,3,5,11-12H2,1H3,(H,23,24,26)/t15-/m1/s1. The maximum Gasteiger partial charge on any atom is 0.253 e. The maximum atomic E-state index is 12.8. The molecule has 1 saturated heterocycles. The number of halogens is 1. The second-order valence-corrected chi connectivity index (χ2v) is 8.49. The highest BCUT2D eigenvalue weighted by Crippen LogP contribution is 2.29. The minimum Gasteiger partial charge on any atom is -0.338 e. The van der Waals surface area contributed by atoms with Gasteiger partial charge in [0, 0.05) is 23.7 Å². The first-order chi connectivity index (χ1) is 13.5. The molecule has 2 amide bonds. The molecule has 2 heterocycles. The van der Waals surface area contributed by atoms with Crippen LogP contribution < -0.4 is 5.32 Å². The molecular formula is C21H20ClN3O2S. The molecule has 2 aromatic carbocycles. The van der Waals surface area contributed by atoms with E-state index in [1.165, 1.54) is 11.3 Å². The van der Waals surface area contributed by atoms with Crippen LogP contribution in [0.2, 0.25) is 5.02 Å². The molecule has 1 aliphatic rings. The van der Waals surface area contributed by atoms with E-state index in [1.807, 2.05) is 25.1 Å². The van der Waals surface area contributed by atoms with Crippen molar-refractivity contribution in [2.24, 2.45) is 5.92 Å². The van der Waals surface area contributed by atoms with Crippen LogP contribution in [-0.4, -0.2) is 34.8 Å². The number of benzene rings is 2. The summed E-state index contributed by atoms with van der Waals surface area (Å²) in [4.78, 5) is 31.8. The zero-order valence-electron chi connectivity index (χ0n) is 15.4. The Morgan fingerprint density at radius 1 is 1.21 bits per heavy atom. The highest BCUT2D eigenvalue weighted by Gasteiger charge is 2.29. The second-order valence-electron chi connectivity index (χ2n) is 7.03. The van der Waals surface area contributed by atoms with Gasteiger partial charge in [-0.3, -0.25) is 9.59 Å². The van der Waals surface area contributed by atoms with Crippen molar-refractivity contribution in [2.45, 2.75) is 19.8 Å². The number of amides is 2. The van der Waals surface area contributed by atoms with Crippen molar-refractivity contribution < 1.29 is 9.59 Å². The topological polar surface area (TPSA) is 62.3 Å². The summed E-state index contributed by atoms with van der Waals surface area (Å²) in [6, 6.07) is 12.9. The average Bonchev–Trinajstić information content (AvgIpc) is 3.12. The molecule has 144 valence electrons. The molecular weight excluding hydrogens is 394 g/mol. The predicted octanol–water partition coefficient (Wildman–Crippen LogP) is 4.75. The Morgan fingerprint density at radius 2 is 2.00 bits per heavy atom. The van der Waals surface area contributed by atoms with E-state index in [9.17, 15) is 9.59 Å². The second kappa shape index (κ2) is 7.89. The Bertz CT molecular complexity index is 1030. The van der Waals surface area contributed by atoms with E-state index in [-0.39, 0.29) is 17.7 Å². The number of nitrogens with zero attached hydrogens (tertiary/aromatic N) is 2. The van der Waals surface area contributed by atoms with Crippen molar-refractivity contribution in [2.75, 3.05) is 18.4 Å². The number of nitrogens with one attached hydrogen (secondary N) is 1. The first-order valence-corrected chi connectivity index (χ1v) is 10.4. The van der Waals surface area contributed by atoms with Crippen molar-refractivity contribution in [3.63, 3.8) is 0 Å². The fourth-order valence-electron chi connectivity index (χ4n) is 3.50. The minimum absolute atomic E-state index is 0.0650. The van der Waals surface area contributed by atoms with Gasteiger partial charge in [0.2, 0.25) is 5.91 Å². The van der Waals surface area contributed by atoms with Crippen molar-refractivity contribution in [1.29, 1.82) is 0 Å². The van der Waals surface area contributed by atoms with Gasteiger partial charge in [0.25, 0.3) is 5.91 Å². The number of likely N-dealkylation sites (tertiary alicyclic amines) is 1. The van der Waals surface area contributed by atoms with Crippen LogP contribution in [0, 0.1) is 12.8 Å². The lowest BCUT2D eigenvalue weighted by Gasteiger charge is -2.32. The molecule has 28 heavy (non-hydrogen) atoms. The third kappa shape index (κ3) is 3.88. The summed E-state index contributed by atoms with van der Waals surface area (Å²) in [5.74, 6) is -0.381. The first kappa shape index (κ1) is 18.9. The van der Waals surface area contributed by atoms with Crippen LogP contribution in [0.5, 0.6) is 0 Å². The summed E-state index contributed by atoms with van der Waals surface area (Å²) in [5.41, 5.74) is 2.60. The normalized spacial score (nSPS) is 16.9. The molecule has 1 aliphatic heterocycles. The number of piperidine rings is 1. The lowest BCUT2D eigenvalue weighted by atomic mass is 9.96. The van der Waals surface area contributed by atoms with Gasteiger partial charge < -0.3 is 10.2 Å². The molecule has 1 aromatic heterocycles. The van der Waals surface area contributed by atoms with E-state index in [0.717, 1.165) is 28.6 Å². The Labute approximate surface area is 172 Å². The summed E-state index contributed by atoms with van der Waals surface area (Å²) in [5, 5.41) is 4.15. The number of anilines is 1. The van der Waals surface area contributed by atoms with Crippen LogP contribution in [0.25, 0.3) is 10.2 Å². The summed E-state index contributed by atoms with van der Waals surface area (Å²) in [6.45, 7) is 3.08. The fourth-order valence-corrected chi connectivity index (χ4v) is 4.57. The zero-order valence-corrected chi connectivity index (χ0v) is 17.0. The molecule has 0 unspecified atom stereocenters. The van der Waals surface area contributed by atoms with E-state index in [2.05, 4.69) is 10.3 Å². The predicted molar refractivity (Wildman–Crippen MR) is 113 cm³/mol. The number of para-hydroxylation sites is 1. The number of fused-ring (bicyclic) bond motifs is 1. The molecule has 1 N–H and O–H groups in total. The van der Waals surface area contributed by atoms with Crippen LogP contribution in [0.4, 0.5) is 5.13 Å². The largest absolute Gasteiger partial charge is 0.338 e. The molecule has 0 saturated carbocycles. The highest BCUT2D eigenvalue weighted by molar-refractivity contribution is 7.22. The Hall–Kier alpha value is -2.44. The van der Waals surface area contributed by atoms with Crippen LogP contribution in [0.3, 0.4) is 0 Å². The van der Waals surface area contributed by atoms with Crippen LogP contribution >= 0.6 is 22.9 Å². The van der Waals surface area contributed by atoms with E-state index in [4.69, 9.17) is 11.6 Å². The zero-order chi connectivity index (χ0) is 19.7. The van der Waals surface area contributed by atoms with Gasteiger partial charge in [0.1, 0.15) is 0 Å². The van der Waals surface area contributed by atoms with Gasteiger partial charge in [-0.05, 0) is 55.7 Å².